The largest absolute Gasteiger partial charge is 0.299 e. The summed E-state index contributed by atoms with van der Waals surface area (Å²) in [6.45, 7) is 6.21. The summed E-state index contributed by atoms with van der Waals surface area (Å²) in [5.74, 6) is 0.503. The second kappa shape index (κ2) is 6.34. The van der Waals surface area contributed by atoms with Crippen LogP contribution >= 0.6 is 15.9 Å². The second-order valence-corrected chi connectivity index (χ2v) is 5.13. The van der Waals surface area contributed by atoms with Gasteiger partial charge < -0.3 is 0 Å². The predicted octanol–water partition coefficient (Wildman–Crippen LogP) is 3.29. The Morgan fingerprint density at radius 2 is 1.94 bits per heavy atom. The van der Waals surface area contributed by atoms with Crippen LogP contribution in [0.4, 0.5) is 0 Å². The predicted molar refractivity (Wildman–Crippen MR) is 73.1 cm³/mol. The van der Waals surface area contributed by atoms with Crippen molar-refractivity contribution >= 4 is 21.7 Å². The summed E-state index contributed by atoms with van der Waals surface area (Å²) in [4.78, 5) is 12.1. The van der Waals surface area contributed by atoms with Gasteiger partial charge in [-0.1, -0.05) is 20.8 Å². The number of aromatic nitrogens is 2. The van der Waals surface area contributed by atoms with Gasteiger partial charge in [0.05, 0.1) is 15.9 Å². The van der Waals surface area contributed by atoms with Gasteiger partial charge in [0, 0.05) is 19.4 Å². The molecule has 0 aliphatic carbocycles. The first-order valence-corrected chi connectivity index (χ1v) is 7.07. The van der Waals surface area contributed by atoms with Crippen molar-refractivity contribution in [2.45, 2.75) is 46.5 Å². The molecular formula is C13H21BrN2O. The van der Waals surface area contributed by atoms with E-state index in [9.17, 15) is 4.79 Å². The lowest BCUT2D eigenvalue weighted by Gasteiger charge is -2.11. The summed E-state index contributed by atoms with van der Waals surface area (Å²) in [6, 6.07) is 0. The van der Waals surface area contributed by atoms with E-state index in [0.29, 0.717) is 12.2 Å². The lowest BCUT2D eigenvalue weighted by atomic mass is 9.95. The first-order chi connectivity index (χ1) is 8.04. The van der Waals surface area contributed by atoms with E-state index in [4.69, 9.17) is 0 Å². The molecule has 0 saturated carbocycles. The van der Waals surface area contributed by atoms with Crippen LogP contribution < -0.4 is 0 Å². The van der Waals surface area contributed by atoms with Crippen LogP contribution in [0.25, 0.3) is 0 Å². The van der Waals surface area contributed by atoms with Gasteiger partial charge in [-0.3, -0.25) is 9.48 Å². The van der Waals surface area contributed by atoms with Crippen LogP contribution in [0.3, 0.4) is 0 Å². The molecule has 3 nitrogen and oxygen atoms in total. The Morgan fingerprint density at radius 1 is 1.35 bits per heavy atom. The topological polar surface area (TPSA) is 34.9 Å². The van der Waals surface area contributed by atoms with Crippen LogP contribution in [0.15, 0.2) is 4.47 Å². The highest BCUT2D eigenvalue weighted by molar-refractivity contribution is 9.10. The lowest BCUT2D eigenvalue weighted by molar-refractivity contribution is -0.122. The minimum atomic E-state index is 0.182. The zero-order valence-corrected chi connectivity index (χ0v) is 12.7. The molecule has 0 N–H and O–H groups in total. The molecule has 0 aliphatic heterocycles. The van der Waals surface area contributed by atoms with E-state index in [1.54, 1.807) is 0 Å². The first kappa shape index (κ1) is 14.4. The second-order valence-electron chi connectivity index (χ2n) is 4.34. The molecule has 96 valence electrons. The molecule has 0 bridgehead atoms. The smallest absolute Gasteiger partial charge is 0.141 e. The summed E-state index contributed by atoms with van der Waals surface area (Å²) < 4.78 is 2.82. The van der Waals surface area contributed by atoms with Crippen molar-refractivity contribution in [3.05, 3.63) is 15.9 Å². The van der Waals surface area contributed by atoms with Crippen LogP contribution in [0, 0.1) is 5.92 Å². The molecule has 0 aliphatic rings. The van der Waals surface area contributed by atoms with Crippen molar-refractivity contribution < 1.29 is 4.79 Å². The van der Waals surface area contributed by atoms with E-state index in [0.717, 1.165) is 35.1 Å². The van der Waals surface area contributed by atoms with Gasteiger partial charge in [-0.2, -0.15) is 5.10 Å². The van der Waals surface area contributed by atoms with Gasteiger partial charge >= 0.3 is 0 Å². The van der Waals surface area contributed by atoms with Crippen LogP contribution in [0.2, 0.25) is 0 Å². The zero-order valence-electron chi connectivity index (χ0n) is 11.1. The summed E-state index contributed by atoms with van der Waals surface area (Å²) in [5, 5.41) is 4.41. The van der Waals surface area contributed by atoms with Gasteiger partial charge in [-0.15, -0.1) is 0 Å². The van der Waals surface area contributed by atoms with E-state index < -0.39 is 0 Å². The molecule has 1 aromatic heterocycles. The maximum Gasteiger partial charge on any atom is 0.141 e. The van der Waals surface area contributed by atoms with E-state index in [-0.39, 0.29) is 5.92 Å². The fourth-order valence-electron chi connectivity index (χ4n) is 2.07. The fourth-order valence-corrected chi connectivity index (χ4v) is 2.82. The molecule has 0 aromatic carbocycles. The summed E-state index contributed by atoms with van der Waals surface area (Å²) in [6.07, 6.45) is 3.21. The van der Waals surface area contributed by atoms with Gasteiger partial charge in [0.1, 0.15) is 5.78 Å². The van der Waals surface area contributed by atoms with Crippen LogP contribution in [0.5, 0.6) is 0 Å². The quantitative estimate of drug-likeness (QED) is 0.808. The van der Waals surface area contributed by atoms with Crippen molar-refractivity contribution in [1.82, 2.24) is 9.78 Å². The highest BCUT2D eigenvalue weighted by Crippen LogP contribution is 2.23. The molecule has 0 fully saturated rings. The van der Waals surface area contributed by atoms with Gasteiger partial charge in [-0.25, -0.2) is 0 Å². The Kier molecular flexibility index (Phi) is 5.37. The molecule has 0 radical (unpaired) electrons. The van der Waals surface area contributed by atoms with Gasteiger partial charge in [0.15, 0.2) is 0 Å². The van der Waals surface area contributed by atoms with E-state index >= 15 is 0 Å². The standard InChI is InChI=1S/C13H21BrN2O/c1-5-9(6-2)12(17)8-11-13(14)10(7-3)15-16(11)4/h9H,5-8H2,1-4H3. The van der Waals surface area contributed by atoms with Crippen molar-refractivity contribution in [2.75, 3.05) is 0 Å². The average Bonchev–Trinajstić information content (AvgIpc) is 2.58. The number of carbonyl (C=O) groups is 1. The number of carbonyl (C=O) groups excluding carboxylic acids is 1. The maximum absolute atomic E-state index is 12.1. The number of aryl methyl sites for hydroxylation is 2. The SMILES string of the molecule is CCc1nn(C)c(CC(=O)C(CC)CC)c1Br. The molecule has 17 heavy (non-hydrogen) atoms. The van der Waals surface area contributed by atoms with Crippen LogP contribution in [0.1, 0.15) is 45.0 Å². The lowest BCUT2D eigenvalue weighted by Crippen LogP contribution is -2.17. The molecule has 1 rings (SSSR count). The maximum atomic E-state index is 12.1. The zero-order chi connectivity index (χ0) is 13.0. The van der Waals surface area contributed by atoms with Crippen molar-refractivity contribution in [3.63, 3.8) is 0 Å². The number of hydrogen-bond donors (Lipinski definition) is 0. The van der Waals surface area contributed by atoms with Crippen molar-refractivity contribution in [3.8, 4) is 0 Å². The summed E-state index contributed by atoms with van der Waals surface area (Å²) >= 11 is 3.55. The Balaban J connectivity index is 2.88. The minimum absolute atomic E-state index is 0.182. The summed E-state index contributed by atoms with van der Waals surface area (Å²) in [5.41, 5.74) is 2.03. The Bertz CT molecular complexity index is 394. The van der Waals surface area contributed by atoms with Gasteiger partial charge in [0.25, 0.3) is 0 Å². The number of ketones is 1. The molecule has 0 atom stereocenters. The number of rotatable bonds is 6. The molecule has 1 heterocycles. The Morgan fingerprint density at radius 3 is 2.35 bits per heavy atom. The van der Waals surface area contributed by atoms with Gasteiger partial charge in [0.2, 0.25) is 0 Å². The highest BCUT2D eigenvalue weighted by Gasteiger charge is 2.20. The van der Waals surface area contributed by atoms with Crippen LogP contribution in [-0.4, -0.2) is 15.6 Å². The third-order valence-electron chi connectivity index (χ3n) is 3.29. The molecule has 0 unspecified atom stereocenters. The van der Waals surface area contributed by atoms with E-state index in [1.807, 2.05) is 11.7 Å². The average molecular weight is 301 g/mol. The Labute approximate surface area is 112 Å². The van der Waals surface area contributed by atoms with Gasteiger partial charge in [-0.05, 0) is 35.2 Å². The number of halogens is 1. The van der Waals surface area contributed by atoms with Crippen LogP contribution in [-0.2, 0) is 24.7 Å². The molecule has 0 spiro atoms. The number of hydrogen-bond acceptors (Lipinski definition) is 2. The van der Waals surface area contributed by atoms with Crippen molar-refractivity contribution in [1.29, 1.82) is 0 Å². The third kappa shape index (κ3) is 3.18. The number of Topliss-reactive ketones (excluding diaryl/α,β-unsaturated/α-hetero) is 1. The molecular weight excluding hydrogens is 280 g/mol. The molecule has 4 heteroatoms. The molecule has 1 aromatic rings. The molecule has 0 amide bonds. The monoisotopic (exact) mass is 300 g/mol. The van der Waals surface area contributed by atoms with Crippen molar-refractivity contribution in [2.24, 2.45) is 13.0 Å². The first-order valence-electron chi connectivity index (χ1n) is 6.27. The minimum Gasteiger partial charge on any atom is -0.299 e. The van der Waals surface area contributed by atoms with E-state index in [1.165, 1.54) is 0 Å². The highest BCUT2D eigenvalue weighted by atomic mass is 79.9. The molecule has 0 saturated heterocycles. The number of nitrogens with zero attached hydrogens (tertiary/aromatic N) is 2. The fraction of sp³-hybridized carbons (Fsp3) is 0.692. The Hall–Kier alpha value is -0.640. The normalized spacial score (nSPS) is 11.2. The van der Waals surface area contributed by atoms with E-state index in [2.05, 4.69) is 41.8 Å². The third-order valence-corrected chi connectivity index (χ3v) is 4.20. The summed E-state index contributed by atoms with van der Waals surface area (Å²) in [7, 11) is 1.90.